The average Bonchev–Trinajstić information content (AvgIpc) is 2.56. The molecule has 0 fully saturated rings. The molecule has 2 rings (SSSR count). The molecule has 0 atom stereocenters. The summed E-state index contributed by atoms with van der Waals surface area (Å²) in [5.74, 6) is 0. The Balaban J connectivity index is 2.14. The number of nitrogens with zero attached hydrogens (tertiary/aromatic N) is 3. The van der Waals surface area contributed by atoms with Crippen molar-refractivity contribution in [1.82, 2.24) is 14.7 Å². The second kappa shape index (κ2) is 8.34. The van der Waals surface area contributed by atoms with Crippen LogP contribution in [-0.2, 0) is 0 Å². The number of anilines is 1. The standard InChI is InChI=1S/C16H20Cl2N4O/c1-3-21(4-2)10-9-19-14-11-20-22(16(23)15(14)18)13-7-5-12(17)6-8-13/h5-8,11,19H,3-4,9-10H2,1-2H3. The number of rotatable bonds is 7. The largest absolute Gasteiger partial charge is 0.381 e. The van der Waals surface area contributed by atoms with E-state index in [1.165, 1.54) is 4.68 Å². The number of nitrogens with one attached hydrogen (secondary N) is 1. The van der Waals surface area contributed by atoms with Gasteiger partial charge in [0.15, 0.2) is 0 Å². The van der Waals surface area contributed by atoms with Gasteiger partial charge in [0.25, 0.3) is 5.56 Å². The Kier molecular flexibility index (Phi) is 6.45. The first kappa shape index (κ1) is 17.8. The van der Waals surface area contributed by atoms with Crippen LogP contribution in [0.1, 0.15) is 13.8 Å². The van der Waals surface area contributed by atoms with E-state index in [0.29, 0.717) is 22.9 Å². The van der Waals surface area contributed by atoms with E-state index in [0.717, 1.165) is 19.6 Å². The summed E-state index contributed by atoms with van der Waals surface area (Å²) in [4.78, 5) is 14.7. The molecule has 0 spiro atoms. The quantitative estimate of drug-likeness (QED) is 0.828. The fourth-order valence-electron chi connectivity index (χ4n) is 2.21. The lowest BCUT2D eigenvalue weighted by Crippen LogP contribution is -2.29. The Morgan fingerprint density at radius 3 is 2.43 bits per heavy atom. The maximum Gasteiger partial charge on any atom is 0.292 e. The van der Waals surface area contributed by atoms with Gasteiger partial charge in [0.1, 0.15) is 5.02 Å². The number of aromatic nitrogens is 2. The van der Waals surface area contributed by atoms with E-state index < -0.39 is 0 Å². The lowest BCUT2D eigenvalue weighted by molar-refractivity contribution is 0.316. The van der Waals surface area contributed by atoms with E-state index in [-0.39, 0.29) is 10.6 Å². The zero-order chi connectivity index (χ0) is 16.8. The summed E-state index contributed by atoms with van der Waals surface area (Å²) in [7, 11) is 0. The average molecular weight is 355 g/mol. The van der Waals surface area contributed by atoms with Crippen molar-refractivity contribution in [1.29, 1.82) is 0 Å². The Morgan fingerprint density at radius 2 is 1.83 bits per heavy atom. The minimum absolute atomic E-state index is 0.134. The maximum atomic E-state index is 12.4. The molecule has 1 aromatic heterocycles. The van der Waals surface area contributed by atoms with Crippen LogP contribution < -0.4 is 10.9 Å². The third-order valence-electron chi connectivity index (χ3n) is 3.63. The van der Waals surface area contributed by atoms with Gasteiger partial charge >= 0.3 is 0 Å². The number of halogens is 2. The molecule has 0 aliphatic carbocycles. The van der Waals surface area contributed by atoms with Gasteiger partial charge < -0.3 is 10.2 Å². The maximum absolute atomic E-state index is 12.4. The fourth-order valence-corrected chi connectivity index (χ4v) is 2.53. The van der Waals surface area contributed by atoms with E-state index in [9.17, 15) is 4.79 Å². The Morgan fingerprint density at radius 1 is 1.17 bits per heavy atom. The van der Waals surface area contributed by atoms with Crippen molar-refractivity contribution in [3.05, 3.63) is 50.9 Å². The van der Waals surface area contributed by atoms with Crippen LogP contribution in [0.5, 0.6) is 0 Å². The van der Waals surface area contributed by atoms with Crippen molar-refractivity contribution in [2.24, 2.45) is 0 Å². The van der Waals surface area contributed by atoms with Crippen LogP contribution in [0.4, 0.5) is 5.69 Å². The van der Waals surface area contributed by atoms with E-state index in [1.807, 2.05) is 0 Å². The predicted octanol–water partition coefficient (Wildman–Crippen LogP) is 3.29. The van der Waals surface area contributed by atoms with Crippen LogP contribution >= 0.6 is 23.2 Å². The fraction of sp³-hybridized carbons (Fsp3) is 0.375. The van der Waals surface area contributed by atoms with Crippen LogP contribution in [0.3, 0.4) is 0 Å². The highest BCUT2D eigenvalue weighted by Crippen LogP contribution is 2.17. The second-order valence-corrected chi connectivity index (χ2v) is 5.83. The first-order valence-corrected chi connectivity index (χ1v) is 8.32. The van der Waals surface area contributed by atoms with Gasteiger partial charge in [-0.15, -0.1) is 0 Å². The minimum atomic E-state index is -0.359. The summed E-state index contributed by atoms with van der Waals surface area (Å²) in [5.41, 5.74) is 0.812. The van der Waals surface area contributed by atoms with Gasteiger partial charge in [0, 0.05) is 18.1 Å². The first-order chi connectivity index (χ1) is 11.1. The number of benzene rings is 1. The molecule has 0 unspecified atom stereocenters. The Labute approximate surface area is 145 Å². The molecule has 0 saturated heterocycles. The van der Waals surface area contributed by atoms with Crippen LogP contribution in [0.2, 0.25) is 10.0 Å². The summed E-state index contributed by atoms with van der Waals surface area (Å²) in [5, 5.41) is 8.08. The molecule has 0 radical (unpaired) electrons. The Bertz CT molecular complexity index is 696. The molecule has 1 heterocycles. The van der Waals surface area contributed by atoms with Gasteiger partial charge in [-0.05, 0) is 37.4 Å². The molecule has 0 amide bonds. The van der Waals surface area contributed by atoms with Gasteiger partial charge in [0.05, 0.1) is 17.6 Å². The highest BCUT2D eigenvalue weighted by atomic mass is 35.5. The zero-order valence-electron chi connectivity index (χ0n) is 13.2. The van der Waals surface area contributed by atoms with E-state index in [4.69, 9.17) is 23.2 Å². The SMILES string of the molecule is CCN(CC)CCNc1cnn(-c2ccc(Cl)cc2)c(=O)c1Cl. The van der Waals surface area contributed by atoms with Crippen LogP contribution in [0.25, 0.3) is 5.69 Å². The monoisotopic (exact) mass is 354 g/mol. The highest BCUT2D eigenvalue weighted by molar-refractivity contribution is 6.33. The summed E-state index contributed by atoms with van der Waals surface area (Å²) in [6.45, 7) is 7.79. The van der Waals surface area contributed by atoms with Crippen molar-refractivity contribution < 1.29 is 0 Å². The van der Waals surface area contributed by atoms with Gasteiger partial charge in [-0.2, -0.15) is 9.78 Å². The van der Waals surface area contributed by atoms with E-state index in [2.05, 4.69) is 29.2 Å². The molecule has 0 bridgehead atoms. The smallest absolute Gasteiger partial charge is 0.292 e. The third-order valence-corrected chi connectivity index (χ3v) is 4.25. The van der Waals surface area contributed by atoms with Crippen molar-refractivity contribution in [3.8, 4) is 5.69 Å². The Hall–Kier alpha value is -1.56. The molecule has 5 nitrogen and oxygen atoms in total. The lowest BCUT2D eigenvalue weighted by Gasteiger charge is -2.18. The summed E-state index contributed by atoms with van der Waals surface area (Å²) < 4.78 is 1.26. The molecule has 1 N–H and O–H groups in total. The van der Waals surface area contributed by atoms with Gasteiger partial charge in [-0.1, -0.05) is 37.0 Å². The predicted molar refractivity (Wildman–Crippen MR) is 96.1 cm³/mol. The van der Waals surface area contributed by atoms with Crippen LogP contribution in [0, 0.1) is 0 Å². The topological polar surface area (TPSA) is 50.2 Å². The molecule has 7 heteroatoms. The van der Waals surface area contributed by atoms with Crippen molar-refractivity contribution in [3.63, 3.8) is 0 Å². The zero-order valence-corrected chi connectivity index (χ0v) is 14.7. The number of hydrogen-bond acceptors (Lipinski definition) is 4. The molecular formula is C16H20Cl2N4O. The van der Waals surface area contributed by atoms with E-state index >= 15 is 0 Å². The molecule has 0 saturated carbocycles. The molecule has 23 heavy (non-hydrogen) atoms. The molecule has 2 aromatic rings. The molecule has 124 valence electrons. The van der Waals surface area contributed by atoms with Crippen molar-refractivity contribution in [2.45, 2.75) is 13.8 Å². The third kappa shape index (κ3) is 4.47. The van der Waals surface area contributed by atoms with Crippen molar-refractivity contribution in [2.75, 3.05) is 31.5 Å². The summed E-state index contributed by atoms with van der Waals surface area (Å²) >= 11 is 12.0. The lowest BCUT2D eigenvalue weighted by atomic mass is 10.3. The molecule has 0 aliphatic heterocycles. The molecular weight excluding hydrogens is 335 g/mol. The molecule has 0 aliphatic rings. The normalized spacial score (nSPS) is 11.0. The second-order valence-electron chi connectivity index (χ2n) is 5.02. The van der Waals surface area contributed by atoms with Gasteiger partial charge in [0.2, 0.25) is 0 Å². The van der Waals surface area contributed by atoms with Crippen LogP contribution in [0.15, 0.2) is 35.3 Å². The summed E-state index contributed by atoms with van der Waals surface area (Å²) in [6.07, 6.45) is 1.57. The highest BCUT2D eigenvalue weighted by Gasteiger charge is 2.10. The number of likely N-dealkylation sites (N-methyl/N-ethyl adjacent to an activating group) is 1. The van der Waals surface area contributed by atoms with E-state index in [1.54, 1.807) is 30.5 Å². The van der Waals surface area contributed by atoms with Crippen LogP contribution in [-0.4, -0.2) is 40.9 Å². The summed E-state index contributed by atoms with van der Waals surface area (Å²) in [6, 6.07) is 6.85. The minimum Gasteiger partial charge on any atom is -0.381 e. The van der Waals surface area contributed by atoms with Gasteiger partial charge in [-0.25, -0.2) is 0 Å². The van der Waals surface area contributed by atoms with Gasteiger partial charge in [-0.3, -0.25) is 4.79 Å². The number of hydrogen-bond donors (Lipinski definition) is 1. The van der Waals surface area contributed by atoms with Crippen molar-refractivity contribution >= 4 is 28.9 Å². The molecule has 1 aromatic carbocycles. The first-order valence-electron chi connectivity index (χ1n) is 7.56.